The SMILES string of the molecule is Clc1nc2ccccc2cc1CNc1nn[nH]n1. The number of H-pyrrole nitrogens is 1. The van der Waals surface area contributed by atoms with Crippen LogP contribution < -0.4 is 5.32 Å². The molecule has 0 spiro atoms. The predicted octanol–water partition coefficient (Wildman–Crippen LogP) is 2.01. The molecule has 0 saturated carbocycles. The molecular weight excluding hydrogens is 252 g/mol. The minimum atomic E-state index is 0.430. The van der Waals surface area contributed by atoms with Crippen LogP contribution in [0, 0.1) is 0 Å². The molecule has 1 aromatic carbocycles. The van der Waals surface area contributed by atoms with Gasteiger partial charge in [-0.3, -0.25) is 0 Å². The Hall–Kier alpha value is -2.21. The number of hydrogen-bond acceptors (Lipinski definition) is 5. The predicted molar refractivity (Wildman–Crippen MR) is 68.3 cm³/mol. The number of aromatic amines is 1. The lowest BCUT2D eigenvalue weighted by molar-refractivity contribution is 0.881. The molecule has 0 amide bonds. The van der Waals surface area contributed by atoms with Crippen molar-refractivity contribution in [2.75, 3.05) is 5.32 Å². The second-order valence-corrected chi connectivity index (χ2v) is 4.08. The first kappa shape index (κ1) is 10.9. The zero-order valence-electron chi connectivity index (χ0n) is 9.26. The molecule has 0 unspecified atom stereocenters. The number of para-hydroxylation sites is 1. The summed E-state index contributed by atoms with van der Waals surface area (Å²) >= 11 is 6.13. The van der Waals surface area contributed by atoms with E-state index in [2.05, 4.69) is 30.9 Å². The summed E-state index contributed by atoms with van der Waals surface area (Å²) in [5, 5.41) is 18.0. The minimum absolute atomic E-state index is 0.430. The average Bonchev–Trinajstić information content (AvgIpc) is 2.89. The summed E-state index contributed by atoms with van der Waals surface area (Å²) in [5.74, 6) is 0.430. The molecule has 6 nitrogen and oxygen atoms in total. The number of aromatic nitrogens is 5. The van der Waals surface area contributed by atoms with Crippen molar-refractivity contribution in [1.82, 2.24) is 25.6 Å². The van der Waals surface area contributed by atoms with Crippen LogP contribution in [0.25, 0.3) is 10.9 Å². The number of rotatable bonds is 3. The van der Waals surface area contributed by atoms with Crippen LogP contribution >= 0.6 is 11.6 Å². The van der Waals surface area contributed by atoms with Gasteiger partial charge in [-0.05, 0) is 17.3 Å². The number of halogens is 1. The highest BCUT2D eigenvalue weighted by Crippen LogP contribution is 2.20. The monoisotopic (exact) mass is 260 g/mol. The second kappa shape index (κ2) is 4.58. The van der Waals surface area contributed by atoms with Gasteiger partial charge < -0.3 is 5.32 Å². The van der Waals surface area contributed by atoms with Crippen molar-refractivity contribution in [3.8, 4) is 0 Å². The molecule has 2 N–H and O–H groups in total. The summed E-state index contributed by atoms with van der Waals surface area (Å²) in [6, 6.07) is 9.82. The lowest BCUT2D eigenvalue weighted by atomic mass is 10.1. The molecule has 3 aromatic rings. The highest BCUT2D eigenvalue weighted by atomic mass is 35.5. The third-order valence-corrected chi connectivity index (χ3v) is 2.86. The van der Waals surface area contributed by atoms with Gasteiger partial charge in [0, 0.05) is 17.5 Å². The van der Waals surface area contributed by atoms with E-state index in [-0.39, 0.29) is 0 Å². The van der Waals surface area contributed by atoms with Gasteiger partial charge in [0.15, 0.2) is 0 Å². The summed E-state index contributed by atoms with van der Waals surface area (Å²) < 4.78 is 0. The lowest BCUT2D eigenvalue weighted by Crippen LogP contribution is -2.02. The van der Waals surface area contributed by atoms with Gasteiger partial charge in [-0.2, -0.15) is 5.21 Å². The zero-order valence-corrected chi connectivity index (χ0v) is 10.0. The molecule has 3 rings (SSSR count). The van der Waals surface area contributed by atoms with Crippen molar-refractivity contribution in [1.29, 1.82) is 0 Å². The number of fused-ring (bicyclic) bond motifs is 1. The molecule has 0 aliphatic heterocycles. The quantitative estimate of drug-likeness (QED) is 0.704. The Morgan fingerprint density at radius 2 is 2.17 bits per heavy atom. The van der Waals surface area contributed by atoms with Crippen LogP contribution in [0.5, 0.6) is 0 Å². The van der Waals surface area contributed by atoms with Crippen LogP contribution in [0.3, 0.4) is 0 Å². The van der Waals surface area contributed by atoms with Gasteiger partial charge in [0.25, 0.3) is 5.95 Å². The molecule has 90 valence electrons. The highest BCUT2D eigenvalue weighted by Gasteiger charge is 2.05. The number of anilines is 1. The Morgan fingerprint density at radius 1 is 1.28 bits per heavy atom. The van der Waals surface area contributed by atoms with Crippen molar-refractivity contribution in [2.24, 2.45) is 0 Å². The van der Waals surface area contributed by atoms with Gasteiger partial charge in [0.1, 0.15) is 5.15 Å². The summed E-state index contributed by atoms with van der Waals surface area (Å²) in [5.41, 5.74) is 1.77. The molecule has 0 radical (unpaired) electrons. The summed E-state index contributed by atoms with van der Waals surface area (Å²) in [6.45, 7) is 0.496. The fraction of sp³-hybridized carbons (Fsp3) is 0.0909. The first-order valence-corrected chi connectivity index (χ1v) is 5.72. The maximum atomic E-state index is 6.13. The Bertz CT molecular complexity index is 666. The van der Waals surface area contributed by atoms with E-state index in [9.17, 15) is 0 Å². The molecule has 0 atom stereocenters. The number of nitrogens with one attached hydrogen (secondary N) is 2. The summed E-state index contributed by atoms with van der Waals surface area (Å²) in [4.78, 5) is 4.34. The fourth-order valence-corrected chi connectivity index (χ4v) is 1.88. The van der Waals surface area contributed by atoms with E-state index in [0.29, 0.717) is 17.6 Å². The van der Waals surface area contributed by atoms with Crippen molar-refractivity contribution in [3.05, 3.63) is 41.0 Å². The van der Waals surface area contributed by atoms with E-state index >= 15 is 0 Å². The summed E-state index contributed by atoms with van der Waals surface area (Å²) in [7, 11) is 0. The highest BCUT2D eigenvalue weighted by molar-refractivity contribution is 6.30. The van der Waals surface area contributed by atoms with Crippen LogP contribution in [0.4, 0.5) is 5.95 Å². The van der Waals surface area contributed by atoms with E-state index in [1.807, 2.05) is 30.3 Å². The molecule has 0 bridgehead atoms. The first-order valence-electron chi connectivity index (χ1n) is 5.34. The largest absolute Gasteiger partial charge is 0.347 e. The molecule has 7 heteroatoms. The van der Waals surface area contributed by atoms with Crippen molar-refractivity contribution < 1.29 is 0 Å². The van der Waals surface area contributed by atoms with Gasteiger partial charge in [-0.25, -0.2) is 4.98 Å². The van der Waals surface area contributed by atoms with Crippen LogP contribution in [0.15, 0.2) is 30.3 Å². The van der Waals surface area contributed by atoms with Crippen molar-refractivity contribution >= 4 is 28.5 Å². The molecule has 2 heterocycles. The first-order chi connectivity index (χ1) is 8.83. The van der Waals surface area contributed by atoms with Gasteiger partial charge >= 0.3 is 0 Å². The Morgan fingerprint density at radius 3 is 3.00 bits per heavy atom. The van der Waals surface area contributed by atoms with Crippen molar-refractivity contribution in [3.63, 3.8) is 0 Å². The molecule has 2 aromatic heterocycles. The van der Waals surface area contributed by atoms with Crippen LogP contribution in [0.1, 0.15) is 5.56 Å². The maximum Gasteiger partial charge on any atom is 0.263 e. The van der Waals surface area contributed by atoms with E-state index in [1.165, 1.54) is 0 Å². The Kier molecular flexibility index (Phi) is 2.77. The molecule has 0 aliphatic rings. The van der Waals surface area contributed by atoms with E-state index in [0.717, 1.165) is 16.5 Å². The molecular formula is C11H9ClN6. The number of benzene rings is 1. The number of nitrogens with zero attached hydrogens (tertiary/aromatic N) is 4. The zero-order chi connectivity index (χ0) is 12.4. The van der Waals surface area contributed by atoms with Crippen LogP contribution in [-0.4, -0.2) is 25.6 Å². The third kappa shape index (κ3) is 2.10. The molecule has 18 heavy (non-hydrogen) atoms. The fourth-order valence-electron chi connectivity index (χ4n) is 1.67. The van der Waals surface area contributed by atoms with Gasteiger partial charge in [0.05, 0.1) is 5.52 Å². The Labute approximate surface area is 107 Å². The van der Waals surface area contributed by atoms with E-state index in [1.54, 1.807) is 0 Å². The molecule has 0 fully saturated rings. The number of hydrogen-bond donors (Lipinski definition) is 2. The maximum absolute atomic E-state index is 6.13. The average molecular weight is 261 g/mol. The second-order valence-electron chi connectivity index (χ2n) is 3.72. The molecule has 0 aliphatic carbocycles. The van der Waals surface area contributed by atoms with Gasteiger partial charge in [0.2, 0.25) is 0 Å². The Balaban J connectivity index is 1.89. The van der Waals surface area contributed by atoms with E-state index < -0.39 is 0 Å². The lowest BCUT2D eigenvalue weighted by Gasteiger charge is -2.06. The van der Waals surface area contributed by atoms with Crippen LogP contribution in [0.2, 0.25) is 5.15 Å². The van der Waals surface area contributed by atoms with Gasteiger partial charge in [-0.1, -0.05) is 34.9 Å². The van der Waals surface area contributed by atoms with Crippen LogP contribution in [-0.2, 0) is 6.54 Å². The van der Waals surface area contributed by atoms with Gasteiger partial charge in [-0.15, -0.1) is 5.10 Å². The number of pyridine rings is 1. The standard InChI is InChI=1S/C11H9ClN6/c12-10-8(6-13-11-15-17-18-16-11)5-7-3-1-2-4-9(7)14-10/h1-5H,6H2,(H2,13,15,16,17,18). The normalized spacial score (nSPS) is 10.7. The van der Waals surface area contributed by atoms with E-state index in [4.69, 9.17) is 11.6 Å². The van der Waals surface area contributed by atoms with Crippen molar-refractivity contribution in [2.45, 2.75) is 6.54 Å². The summed E-state index contributed by atoms with van der Waals surface area (Å²) in [6.07, 6.45) is 0. The number of tetrazole rings is 1. The third-order valence-electron chi connectivity index (χ3n) is 2.53. The molecule has 0 saturated heterocycles. The smallest absolute Gasteiger partial charge is 0.263 e. The minimum Gasteiger partial charge on any atom is -0.347 e. The topological polar surface area (TPSA) is 79.4 Å².